The molecule has 0 aliphatic carbocycles. The molecule has 0 bridgehead atoms. The molecular weight excluding hydrogens is 376 g/mol. The number of fused-ring (bicyclic) bond motifs is 1. The second-order valence-electron chi connectivity index (χ2n) is 6.12. The minimum absolute atomic E-state index is 0.164. The molecule has 1 amide bonds. The lowest BCUT2D eigenvalue weighted by molar-refractivity contribution is -0.118. The molecule has 0 unspecified atom stereocenters. The first-order valence-corrected chi connectivity index (χ1v) is 9.44. The van der Waals surface area contributed by atoms with Crippen LogP contribution in [0.2, 0.25) is 0 Å². The van der Waals surface area contributed by atoms with Crippen molar-refractivity contribution in [1.82, 2.24) is 4.98 Å². The lowest BCUT2D eigenvalue weighted by atomic mass is 10.1. The van der Waals surface area contributed by atoms with Crippen LogP contribution in [0.3, 0.4) is 0 Å². The van der Waals surface area contributed by atoms with E-state index in [1.807, 2.05) is 36.6 Å². The number of anilines is 1. The summed E-state index contributed by atoms with van der Waals surface area (Å²) < 4.78 is 10.6. The lowest BCUT2D eigenvalue weighted by Gasteiger charge is -2.09. The van der Waals surface area contributed by atoms with Crippen LogP contribution in [-0.2, 0) is 4.79 Å². The van der Waals surface area contributed by atoms with Gasteiger partial charge in [-0.15, -0.1) is 11.3 Å². The summed E-state index contributed by atoms with van der Waals surface area (Å²) >= 11 is 1.58. The van der Waals surface area contributed by atoms with Crippen molar-refractivity contribution in [1.29, 1.82) is 0 Å². The lowest BCUT2D eigenvalue weighted by Crippen LogP contribution is -2.20. The van der Waals surface area contributed by atoms with E-state index in [2.05, 4.69) is 10.3 Å². The summed E-state index contributed by atoms with van der Waals surface area (Å²) in [5.74, 6) is 0.157. The summed E-state index contributed by atoms with van der Waals surface area (Å²) in [4.78, 5) is 28.0. The molecule has 0 radical (unpaired) electrons. The second kappa shape index (κ2) is 7.66. The highest BCUT2D eigenvalue weighted by Gasteiger charge is 2.08. The number of benzene rings is 2. The van der Waals surface area contributed by atoms with E-state index in [0.717, 1.165) is 21.7 Å². The topological polar surface area (TPSA) is 81.4 Å². The summed E-state index contributed by atoms with van der Waals surface area (Å²) in [6.07, 6.45) is 0. The highest BCUT2D eigenvalue weighted by Crippen LogP contribution is 2.24. The maximum Gasteiger partial charge on any atom is 0.336 e. The number of carbonyl (C=O) groups excluding carboxylic acids is 1. The molecule has 2 heterocycles. The molecular formula is C21H16N2O4S. The molecule has 0 aliphatic heterocycles. The maximum absolute atomic E-state index is 12.2. The van der Waals surface area contributed by atoms with Gasteiger partial charge in [-0.1, -0.05) is 12.1 Å². The summed E-state index contributed by atoms with van der Waals surface area (Å²) in [5, 5.41) is 6.57. The summed E-state index contributed by atoms with van der Waals surface area (Å²) in [6.45, 7) is 1.79. The van der Waals surface area contributed by atoms with Crippen molar-refractivity contribution in [2.24, 2.45) is 0 Å². The number of rotatable bonds is 5. The van der Waals surface area contributed by atoms with Gasteiger partial charge in [-0.2, -0.15) is 0 Å². The molecule has 2 aromatic heterocycles. The fraction of sp³-hybridized carbons (Fsp3) is 0.0952. The van der Waals surface area contributed by atoms with Crippen molar-refractivity contribution in [3.63, 3.8) is 0 Å². The zero-order chi connectivity index (χ0) is 19.5. The van der Waals surface area contributed by atoms with E-state index in [0.29, 0.717) is 17.0 Å². The Morgan fingerprint density at radius 3 is 2.86 bits per heavy atom. The number of nitrogens with zero attached hydrogens (tertiary/aromatic N) is 1. The third kappa shape index (κ3) is 4.10. The fourth-order valence-electron chi connectivity index (χ4n) is 2.73. The first kappa shape index (κ1) is 17.9. The largest absolute Gasteiger partial charge is 0.484 e. The maximum atomic E-state index is 12.2. The SMILES string of the molecule is Cc1nc(-c2cccc(NC(=O)COc3ccc4ccc(=O)oc4c3)c2)cs1. The van der Waals surface area contributed by atoms with E-state index in [1.165, 1.54) is 6.07 Å². The van der Waals surface area contributed by atoms with Crippen LogP contribution in [0.15, 0.2) is 69.2 Å². The smallest absolute Gasteiger partial charge is 0.336 e. The van der Waals surface area contributed by atoms with Crippen LogP contribution in [0.5, 0.6) is 5.75 Å². The number of nitrogens with one attached hydrogen (secondary N) is 1. The van der Waals surface area contributed by atoms with Crippen molar-refractivity contribution >= 4 is 33.9 Å². The van der Waals surface area contributed by atoms with Crippen molar-refractivity contribution in [3.8, 4) is 17.0 Å². The molecule has 2 aromatic carbocycles. The molecule has 0 saturated carbocycles. The van der Waals surface area contributed by atoms with Gasteiger partial charge >= 0.3 is 5.63 Å². The van der Waals surface area contributed by atoms with Crippen LogP contribution < -0.4 is 15.7 Å². The molecule has 0 fully saturated rings. The standard InChI is InChI=1S/C21H16N2O4S/c1-13-22-18(12-28-13)15-3-2-4-16(9-15)23-20(24)11-26-17-7-5-14-6-8-21(25)27-19(14)10-17/h2-10,12H,11H2,1H3,(H,23,24). The third-order valence-corrected chi connectivity index (χ3v) is 4.80. The number of ether oxygens (including phenoxy) is 1. The van der Waals surface area contributed by atoms with Crippen LogP contribution in [0.25, 0.3) is 22.2 Å². The Morgan fingerprint density at radius 2 is 2.04 bits per heavy atom. The predicted molar refractivity (Wildman–Crippen MR) is 109 cm³/mol. The average Bonchev–Trinajstić information content (AvgIpc) is 3.12. The first-order valence-electron chi connectivity index (χ1n) is 8.56. The molecule has 1 N–H and O–H groups in total. The highest BCUT2D eigenvalue weighted by atomic mass is 32.1. The molecule has 0 saturated heterocycles. The quantitative estimate of drug-likeness (QED) is 0.514. The summed E-state index contributed by atoms with van der Waals surface area (Å²) in [5.41, 5.74) is 2.47. The van der Waals surface area contributed by atoms with Gasteiger partial charge in [0, 0.05) is 34.1 Å². The van der Waals surface area contributed by atoms with Crippen LogP contribution in [0.1, 0.15) is 5.01 Å². The van der Waals surface area contributed by atoms with Gasteiger partial charge in [0.15, 0.2) is 6.61 Å². The van der Waals surface area contributed by atoms with Crippen molar-refractivity contribution in [2.75, 3.05) is 11.9 Å². The van der Waals surface area contributed by atoms with Gasteiger partial charge in [0.05, 0.1) is 10.7 Å². The number of thiazole rings is 1. The van der Waals surface area contributed by atoms with E-state index in [1.54, 1.807) is 35.6 Å². The Balaban J connectivity index is 1.41. The molecule has 28 heavy (non-hydrogen) atoms. The van der Waals surface area contributed by atoms with E-state index in [4.69, 9.17) is 9.15 Å². The Hall–Kier alpha value is -3.45. The fourth-order valence-corrected chi connectivity index (χ4v) is 3.35. The van der Waals surface area contributed by atoms with Crippen LogP contribution in [0.4, 0.5) is 5.69 Å². The molecule has 0 atom stereocenters. The van der Waals surface area contributed by atoms with Gasteiger partial charge in [0.25, 0.3) is 5.91 Å². The number of aryl methyl sites for hydroxylation is 1. The van der Waals surface area contributed by atoms with Gasteiger partial charge in [0.2, 0.25) is 0 Å². The number of hydrogen-bond donors (Lipinski definition) is 1. The van der Waals surface area contributed by atoms with E-state index in [-0.39, 0.29) is 12.5 Å². The predicted octanol–water partition coefficient (Wildman–Crippen LogP) is 4.24. The summed E-state index contributed by atoms with van der Waals surface area (Å²) in [7, 11) is 0. The highest BCUT2D eigenvalue weighted by molar-refractivity contribution is 7.09. The van der Waals surface area contributed by atoms with Crippen LogP contribution >= 0.6 is 11.3 Å². The second-order valence-corrected chi connectivity index (χ2v) is 7.19. The molecule has 0 aliphatic rings. The van der Waals surface area contributed by atoms with E-state index in [9.17, 15) is 9.59 Å². The van der Waals surface area contributed by atoms with E-state index < -0.39 is 5.63 Å². The first-order chi connectivity index (χ1) is 13.6. The van der Waals surface area contributed by atoms with Gasteiger partial charge in [-0.05, 0) is 37.3 Å². The Kier molecular flexibility index (Phi) is 4.90. The Bertz CT molecular complexity index is 1210. The number of hydrogen-bond acceptors (Lipinski definition) is 6. The molecule has 7 heteroatoms. The van der Waals surface area contributed by atoms with Gasteiger partial charge < -0.3 is 14.5 Å². The van der Waals surface area contributed by atoms with Gasteiger partial charge in [-0.3, -0.25) is 4.79 Å². The summed E-state index contributed by atoms with van der Waals surface area (Å²) in [6, 6.07) is 15.6. The van der Waals surface area contributed by atoms with Gasteiger partial charge in [-0.25, -0.2) is 9.78 Å². The van der Waals surface area contributed by atoms with Gasteiger partial charge in [0.1, 0.15) is 11.3 Å². The number of carbonyl (C=O) groups is 1. The minimum Gasteiger partial charge on any atom is -0.484 e. The van der Waals surface area contributed by atoms with Crippen molar-refractivity contribution < 1.29 is 13.9 Å². The molecule has 4 aromatic rings. The Labute approximate surface area is 164 Å². The normalized spacial score (nSPS) is 10.8. The third-order valence-electron chi connectivity index (χ3n) is 4.03. The van der Waals surface area contributed by atoms with Crippen LogP contribution in [-0.4, -0.2) is 17.5 Å². The molecule has 0 spiro atoms. The molecule has 6 nitrogen and oxygen atoms in total. The minimum atomic E-state index is -0.433. The van der Waals surface area contributed by atoms with Crippen molar-refractivity contribution in [2.45, 2.75) is 6.92 Å². The number of amides is 1. The zero-order valence-corrected chi connectivity index (χ0v) is 15.8. The zero-order valence-electron chi connectivity index (χ0n) is 15.0. The van der Waals surface area contributed by atoms with E-state index >= 15 is 0 Å². The molecule has 140 valence electrons. The Morgan fingerprint density at radius 1 is 1.18 bits per heavy atom. The van der Waals surface area contributed by atoms with Crippen LogP contribution in [0, 0.1) is 6.92 Å². The number of aromatic nitrogens is 1. The average molecular weight is 392 g/mol. The molecule has 4 rings (SSSR count). The van der Waals surface area contributed by atoms with Crippen molar-refractivity contribution in [3.05, 3.63) is 75.4 Å². The monoisotopic (exact) mass is 392 g/mol.